The number of fused-ring (bicyclic) bond motifs is 2. The SMILES string of the molecule is CCc1c(F)ccc2cc(O)cc(-c3ncc4c(N5CCC[C@H](CCO)C5)nc(OCC5(CN6CCC(F)C6)CC5)nc4c3F)c12. The van der Waals surface area contributed by atoms with Crippen LogP contribution in [0.5, 0.6) is 11.8 Å². The van der Waals surface area contributed by atoms with Gasteiger partial charge in [0.25, 0.3) is 0 Å². The third-order valence-electron chi connectivity index (χ3n) is 10.00. The second-order valence-electron chi connectivity index (χ2n) is 13.4. The molecule has 3 aliphatic rings. The smallest absolute Gasteiger partial charge is 0.319 e. The lowest BCUT2D eigenvalue weighted by atomic mass is 9.94. The standard InChI is InChI=1S/C35H40F3N5O3/c1-2-25-28(37)6-5-22-14-24(45)15-26(29(22)25)31-30(38)32-27(16-39-31)33(43-11-3-4-21(17-43)8-13-44)41-34(40-32)46-20-35(9-10-35)19-42-12-7-23(36)18-42/h5-6,14-16,21,23,44-45H,2-4,7-13,17-20H2,1H3/t21-,23?/m1/s1. The summed E-state index contributed by atoms with van der Waals surface area (Å²) in [6, 6.07) is 5.93. The number of ether oxygens (including phenoxy) is 1. The Morgan fingerprint density at radius 3 is 2.67 bits per heavy atom. The highest BCUT2D eigenvalue weighted by Crippen LogP contribution is 2.47. The van der Waals surface area contributed by atoms with Gasteiger partial charge in [0, 0.05) is 56.5 Å². The van der Waals surface area contributed by atoms with Crippen molar-refractivity contribution in [2.24, 2.45) is 11.3 Å². The Bertz CT molecular complexity index is 1770. The molecule has 46 heavy (non-hydrogen) atoms. The van der Waals surface area contributed by atoms with Crippen LogP contribution in [0.1, 0.15) is 51.0 Å². The lowest BCUT2D eigenvalue weighted by Gasteiger charge is -2.34. The van der Waals surface area contributed by atoms with E-state index in [-0.39, 0.29) is 46.5 Å². The highest BCUT2D eigenvalue weighted by Gasteiger charge is 2.46. The molecule has 1 saturated carbocycles. The fraction of sp³-hybridized carbons (Fsp3) is 0.514. The molecule has 2 aromatic heterocycles. The van der Waals surface area contributed by atoms with Crippen LogP contribution in [0, 0.1) is 23.0 Å². The number of piperidine rings is 1. The van der Waals surface area contributed by atoms with Crippen molar-refractivity contribution < 1.29 is 28.1 Å². The quantitative estimate of drug-likeness (QED) is 0.213. The van der Waals surface area contributed by atoms with Gasteiger partial charge in [0.2, 0.25) is 0 Å². The van der Waals surface area contributed by atoms with Gasteiger partial charge in [-0.05, 0) is 85.4 Å². The Balaban J connectivity index is 1.31. The van der Waals surface area contributed by atoms with Gasteiger partial charge in [-0.25, -0.2) is 13.2 Å². The summed E-state index contributed by atoms with van der Waals surface area (Å²) >= 11 is 0. The van der Waals surface area contributed by atoms with Gasteiger partial charge in [0.1, 0.15) is 34.8 Å². The summed E-state index contributed by atoms with van der Waals surface area (Å²) in [5.74, 6) is -0.414. The van der Waals surface area contributed by atoms with E-state index in [9.17, 15) is 19.0 Å². The molecule has 1 unspecified atom stereocenters. The number of hydrogen-bond donors (Lipinski definition) is 2. The summed E-state index contributed by atoms with van der Waals surface area (Å²) in [5, 5.41) is 21.7. The molecule has 0 spiro atoms. The lowest BCUT2D eigenvalue weighted by Crippen LogP contribution is -2.36. The summed E-state index contributed by atoms with van der Waals surface area (Å²) in [7, 11) is 0. The van der Waals surface area contributed by atoms with Gasteiger partial charge in [-0.2, -0.15) is 9.97 Å². The lowest BCUT2D eigenvalue weighted by molar-refractivity contribution is 0.165. The number of anilines is 1. The van der Waals surface area contributed by atoms with Gasteiger partial charge in [-0.1, -0.05) is 13.0 Å². The van der Waals surface area contributed by atoms with Crippen LogP contribution in [0.25, 0.3) is 32.9 Å². The number of phenols is 1. The highest BCUT2D eigenvalue weighted by molar-refractivity contribution is 6.01. The maximum Gasteiger partial charge on any atom is 0.319 e. The van der Waals surface area contributed by atoms with E-state index >= 15 is 4.39 Å². The van der Waals surface area contributed by atoms with E-state index in [4.69, 9.17) is 9.72 Å². The number of benzene rings is 2. The molecule has 0 radical (unpaired) electrons. The minimum Gasteiger partial charge on any atom is -0.508 e. The number of aromatic hydroxyl groups is 1. The number of rotatable bonds is 10. The second-order valence-corrected chi connectivity index (χ2v) is 13.4. The summed E-state index contributed by atoms with van der Waals surface area (Å²) in [6.07, 6.45) is 6.15. The number of pyridine rings is 1. The third kappa shape index (κ3) is 5.95. The Morgan fingerprint density at radius 1 is 1.09 bits per heavy atom. The molecule has 2 saturated heterocycles. The largest absolute Gasteiger partial charge is 0.508 e. The topological polar surface area (TPSA) is 94.8 Å². The van der Waals surface area contributed by atoms with E-state index in [1.807, 2.05) is 6.92 Å². The Morgan fingerprint density at radius 2 is 1.93 bits per heavy atom. The maximum atomic E-state index is 16.8. The normalized spacial score (nSPS) is 21.4. The van der Waals surface area contributed by atoms with Gasteiger partial charge >= 0.3 is 6.01 Å². The van der Waals surface area contributed by atoms with Crippen molar-refractivity contribution in [2.75, 3.05) is 50.8 Å². The number of nitrogens with zero attached hydrogens (tertiary/aromatic N) is 5. The summed E-state index contributed by atoms with van der Waals surface area (Å²) in [6.45, 7) is 5.54. The Labute approximate surface area is 266 Å². The molecule has 1 aliphatic carbocycles. The van der Waals surface area contributed by atoms with E-state index in [0.717, 1.165) is 38.8 Å². The van der Waals surface area contributed by atoms with E-state index in [1.165, 1.54) is 18.2 Å². The zero-order chi connectivity index (χ0) is 32.0. The molecule has 8 nitrogen and oxygen atoms in total. The molecule has 4 aromatic rings. The van der Waals surface area contributed by atoms with Crippen molar-refractivity contribution in [3.63, 3.8) is 0 Å². The van der Waals surface area contributed by atoms with Crippen LogP contribution >= 0.6 is 0 Å². The molecule has 4 heterocycles. The van der Waals surface area contributed by atoms with Gasteiger partial charge in [-0.3, -0.25) is 9.88 Å². The van der Waals surface area contributed by atoms with Gasteiger partial charge < -0.3 is 19.8 Å². The first-order valence-electron chi connectivity index (χ1n) is 16.4. The molecule has 2 aliphatic heterocycles. The van der Waals surface area contributed by atoms with Gasteiger partial charge in [0.05, 0.1) is 12.0 Å². The van der Waals surface area contributed by atoms with Crippen LogP contribution in [0.2, 0.25) is 0 Å². The van der Waals surface area contributed by atoms with Gasteiger partial charge in [0.15, 0.2) is 5.82 Å². The summed E-state index contributed by atoms with van der Waals surface area (Å²) in [4.78, 5) is 18.2. The summed E-state index contributed by atoms with van der Waals surface area (Å²) < 4.78 is 51.8. The number of likely N-dealkylation sites (tertiary alicyclic amines) is 1. The number of alkyl halides is 1. The molecule has 0 bridgehead atoms. The number of phenolic OH excluding ortho intramolecular Hbond substituents is 1. The van der Waals surface area contributed by atoms with Crippen LogP contribution in [0.3, 0.4) is 0 Å². The molecule has 2 aromatic carbocycles. The predicted octanol–water partition coefficient (Wildman–Crippen LogP) is 6.19. The number of halogens is 3. The minimum absolute atomic E-state index is 0.0323. The second kappa shape index (κ2) is 12.5. The van der Waals surface area contributed by atoms with Crippen molar-refractivity contribution in [1.82, 2.24) is 19.9 Å². The van der Waals surface area contributed by atoms with Crippen molar-refractivity contribution in [2.45, 2.75) is 58.0 Å². The first kappa shape index (κ1) is 30.9. The summed E-state index contributed by atoms with van der Waals surface area (Å²) in [5.41, 5.74) is 0.571. The van der Waals surface area contributed by atoms with E-state index in [0.29, 0.717) is 73.0 Å². The Hall–Kier alpha value is -3.70. The zero-order valence-corrected chi connectivity index (χ0v) is 26.1. The number of hydrogen-bond acceptors (Lipinski definition) is 8. The molecule has 2 atom stereocenters. The van der Waals surface area contributed by atoms with E-state index < -0.39 is 17.8 Å². The zero-order valence-electron chi connectivity index (χ0n) is 26.1. The van der Waals surface area contributed by atoms with Crippen LogP contribution in [0.4, 0.5) is 19.0 Å². The molecule has 11 heteroatoms. The molecule has 3 fully saturated rings. The van der Waals surface area contributed by atoms with Crippen LogP contribution in [0.15, 0.2) is 30.5 Å². The third-order valence-corrected chi connectivity index (χ3v) is 10.00. The predicted molar refractivity (Wildman–Crippen MR) is 171 cm³/mol. The monoisotopic (exact) mass is 635 g/mol. The van der Waals surface area contributed by atoms with Crippen molar-refractivity contribution in [1.29, 1.82) is 0 Å². The van der Waals surface area contributed by atoms with Crippen LogP contribution < -0.4 is 9.64 Å². The highest BCUT2D eigenvalue weighted by atomic mass is 19.1. The number of aliphatic hydroxyl groups is 1. The Kier molecular flexibility index (Phi) is 8.39. The van der Waals surface area contributed by atoms with Crippen molar-refractivity contribution >= 4 is 27.5 Å². The maximum absolute atomic E-state index is 16.8. The van der Waals surface area contributed by atoms with E-state index in [1.54, 1.807) is 12.3 Å². The minimum atomic E-state index is -0.790. The van der Waals surface area contributed by atoms with Crippen molar-refractivity contribution in [3.8, 4) is 23.0 Å². The average molecular weight is 636 g/mol. The number of aryl methyl sites for hydroxylation is 1. The molecule has 7 rings (SSSR count). The van der Waals surface area contributed by atoms with Crippen molar-refractivity contribution in [3.05, 3.63) is 47.7 Å². The van der Waals surface area contributed by atoms with Crippen LogP contribution in [-0.4, -0.2) is 82.2 Å². The van der Waals surface area contributed by atoms with Crippen LogP contribution in [-0.2, 0) is 6.42 Å². The fourth-order valence-corrected chi connectivity index (χ4v) is 7.37. The first-order valence-corrected chi connectivity index (χ1v) is 16.4. The molecule has 2 N–H and O–H groups in total. The van der Waals surface area contributed by atoms with Gasteiger partial charge in [-0.15, -0.1) is 0 Å². The van der Waals surface area contributed by atoms with E-state index in [2.05, 4.69) is 19.8 Å². The average Bonchev–Trinajstić information content (AvgIpc) is 3.70. The fourth-order valence-electron chi connectivity index (χ4n) is 7.37. The number of aromatic nitrogens is 3. The first-order chi connectivity index (χ1) is 22.3. The molecular formula is C35H40F3N5O3. The number of aliphatic hydroxyl groups excluding tert-OH is 1. The molecular weight excluding hydrogens is 595 g/mol. The molecule has 244 valence electrons. The molecule has 0 amide bonds.